The number of carbonyl (C=O) groups excluding carboxylic acids is 1. The molecule has 4 nitrogen and oxygen atoms in total. The summed E-state index contributed by atoms with van der Waals surface area (Å²) in [7, 11) is 1.42. The summed E-state index contributed by atoms with van der Waals surface area (Å²) in [5, 5.41) is 0. The monoisotopic (exact) mass is 242 g/mol. The number of rotatable bonds is 1. The van der Waals surface area contributed by atoms with Crippen molar-refractivity contribution in [2.24, 2.45) is 0 Å². The molecule has 0 atom stereocenters. The first-order valence-electron chi connectivity index (χ1n) is 5.97. The van der Waals surface area contributed by atoms with Gasteiger partial charge < -0.3 is 4.74 Å². The largest absolute Gasteiger partial charge is 0.466 e. The van der Waals surface area contributed by atoms with E-state index in [1.54, 1.807) is 0 Å². The van der Waals surface area contributed by atoms with Gasteiger partial charge in [0.1, 0.15) is 5.82 Å². The molecule has 0 fully saturated rings. The summed E-state index contributed by atoms with van der Waals surface area (Å²) in [6.07, 6.45) is 1.47. The average Bonchev–Trinajstić information content (AvgIpc) is 2.77. The summed E-state index contributed by atoms with van der Waals surface area (Å²) in [5.41, 5.74) is 3.69. The van der Waals surface area contributed by atoms with Crippen molar-refractivity contribution in [2.45, 2.75) is 19.8 Å². The second kappa shape index (κ2) is 3.98. The van der Waals surface area contributed by atoms with Crippen molar-refractivity contribution < 1.29 is 9.53 Å². The number of methoxy groups -OCH3 is 1. The Morgan fingerprint density at radius 2 is 2.11 bits per heavy atom. The highest BCUT2D eigenvalue weighted by atomic mass is 16.5. The molecule has 0 amide bonds. The highest BCUT2D eigenvalue weighted by Gasteiger charge is 2.23. The standard InChI is InChI=1S/C14H14N2O2/c1-9-10(14(17)18-2)7-8-13-15-11-5-3-4-6-12(11)16(9)13/h3-6H,7-8H2,1-2H3. The van der Waals surface area contributed by atoms with Gasteiger partial charge >= 0.3 is 5.97 Å². The minimum Gasteiger partial charge on any atom is -0.466 e. The molecule has 0 saturated carbocycles. The molecule has 0 radical (unpaired) electrons. The van der Waals surface area contributed by atoms with Gasteiger partial charge in [-0.15, -0.1) is 0 Å². The number of para-hydroxylation sites is 2. The third-order valence-electron chi connectivity index (χ3n) is 3.43. The summed E-state index contributed by atoms with van der Waals surface area (Å²) >= 11 is 0. The number of esters is 1. The Labute approximate surface area is 105 Å². The lowest BCUT2D eigenvalue weighted by Gasteiger charge is -2.19. The minimum absolute atomic E-state index is 0.240. The maximum absolute atomic E-state index is 11.7. The number of benzene rings is 1. The van der Waals surface area contributed by atoms with Crippen LogP contribution in [0.15, 0.2) is 29.8 Å². The minimum atomic E-state index is -0.240. The first kappa shape index (κ1) is 11.0. The van der Waals surface area contributed by atoms with Crippen LogP contribution in [0.2, 0.25) is 0 Å². The van der Waals surface area contributed by atoms with E-state index in [1.165, 1.54) is 7.11 Å². The van der Waals surface area contributed by atoms with Crippen molar-refractivity contribution in [1.82, 2.24) is 9.55 Å². The topological polar surface area (TPSA) is 44.1 Å². The van der Waals surface area contributed by atoms with Crippen molar-refractivity contribution in [3.05, 3.63) is 35.7 Å². The SMILES string of the molecule is COC(=O)C1=C(C)n2c(nc3ccccc32)CC1. The van der Waals surface area contributed by atoms with Gasteiger partial charge in [-0.3, -0.25) is 4.57 Å². The van der Waals surface area contributed by atoms with E-state index in [0.29, 0.717) is 6.42 Å². The van der Waals surface area contributed by atoms with Crippen LogP contribution in [0.1, 0.15) is 19.2 Å². The Morgan fingerprint density at radius 1 is 1.33 bits per heavy atom. The van der Waals surface area contributed by atoms with Gasteiger partial charge in [-0.05, 0) is 25.5 Å². The van der Waals surface area contributed by atoms with Gasteiger partial charge in [0.05, 0.1) is 23.7 Å². The zero-order valence-corrected chi connectivity index (χ0v) is 10.4. The molecule has 18 heavy (non-hydrogen) atoms. The van der Waals surface area contributed by atoms with E-state index in [-0.39, 0.29) is 5.97 Å². The Balaban J connectivity index is 2.26. The fourth-order valence-electron chi connectivity index (χ4n) is 2.54. The van der Waals surface area contributed by atoms with E-state index in [2.05, 4.69) is 9.55 Å². The second-order valence-corrected chi connectivity index (χ2v) is 4.41. The van der Waals surface area contributed by atoms with Gasteiger partial charge in [0.25, 0.3) is 0 Å². The number of imidazole rings is 1. The van der Waals surface area contributed by atoms with Gasteiger partial charge in [0.15, 0.2) is 0 Å². The van der Waals surface area contributed by atoms with Gasteiger partial charge in [0, 0.05) is 12.1 Å². The van der Waals surface area contributed by atoms with Crippen LogP contribution >= 0.6 is 0 Å². The van der Waals surface area contributed by atoms with E-state index in [0.717, 1.165) is 34.5 Å². The molecule has 4 heteroatoms. The van der Waals surface area contributed by atoms with Crippen molar-refractivity contribution in [3.63, 3.8) is 0 Å². The molecule has 0 aliphatic carbocycles. The molecule has 0 spiro atoms. The molecule has 3 rings (SSSR count). The number of aromatic nitrogens is 2. The summed E-state index contributed by atoms with van der Waals surface area (Å²) in [4.78, 5) is 16.3. The molecular formula is C14H14N2O2. The molecule has 1 aliphatic rings. The van der Waals surface area contributed by atoms with Gasteiger partial charge in [-0.1, -0.05) is 12.1 Å². The molecule has 0 bridgehead atoms. The summed E-state index contributed by atoms with van der Waals surface area (Å²) < 4.78 is 6.89. The van der Waals surface area contributed by atoms with E-state index in [4.69, 9.17) is 4.74 Å². The molecule has 92 valence electrons. The summed E-state index contributed by atoms with van der Waals surface area (Å²) in [5.74, 6) is 0.775. The average molecular weight is 242 g/mol. The number of fused-ring (bicyclic) bond motifs is 3. The lowest BCUT2D eigenvalue weighted by molar-refractivity contribution is -0.136. The van der Waals surface area contributed by atoms with E-state index in [9.17, 15) is 4.79 Å². The number of hydrogen-bond acceptors (Lipinski definition) is 3. The maximum Gasteiger partial charge on any atom is 0.335 e. The van der Waals surface area contributed by atoms with Crippen LogP contribution < -0.4 is 0 Å². The van der Waals surface area contributed by atoms with E-state index < -0.39 is 0 Å². The zero-order chi connectivity index (χ0) is 12.7. The Hall–Kier alpha value is -2.10. The molecule has 0 unspecified atom stereocenters. The fourth-order valence-corrected chi connectivity index (χ4v) is 2.54. The Kier molecular flexibility index (Phi) is 2.44. The summed E-state index contributed by atoms with van der Waals surface area (Å²) in [6.45, 7) is 1.95. The van der Waals surface area contributed by atoms with Crippen LogP contribution in [0.4, 0.5) is 0 Å². The first-order chi connectivity index (χ1) is 8.72. The number of hydrogen-bond donors (Lipinski definition) is 0. The highest BCUT2D eigenvalue weighted by Crippen LogP contribution is 2.29. The van der Waals surface area contributed by atoms with Crippen molar-refractivity contribution in [1.29, 1.82) is 0 Å². The number of allylic oxidation sites excluding steroid dienone is 1. The quantitative estimate of drug-likeness (QED) is 0.721. The lowest BCUT2D eigenvalue weighted by Crippen LogP contribution is -2.17. The normalized spacial score (nSPS) is 14.8. The van der Waals surface area contributed by atoms with Crippen molar-refractivity contribution >= 4 is 22.7 Å². The molecule has 0 N–H and O–H groups in total. The molecule has 1 aliphatic heterocycles. The zero-order valence-electron chi connectivity index (χ0n) is 10.4. The number of carbonyl (C=O) groups is 1. The third-order valence-corrected chi connectivity index (χ3v) is 3.43. The Morgan fingerprint density at radius 3 is 2.89 bits per heavy atom. The molecule has 0 saturated heterocycles. The number of aryl methyl sites for hydroxylation is 1. The second-order valence-electron chi connectivity index (χ2n) is 4.41. The summed E-state index contributed by atoms with van der Waals surface area (Å²) in [6, 6.07) is 7.97. The molecule has 2 heterocycles. The van der Waals surface area contributed by atoms with Gasteiger partial charge in [-0.25, -0.2) is 9.78 Å². The number of ether oxygens (including phenoxy) is 1. The Bertz CT molecular complexity index is 667. The van der Waals surface area contributed by atoms with Crippen LogP contribution in [-0.2, 0) is 16.0 Å². The molecule has 1 aromatic heterocycles. The van der Waals surface area contributed by atoms with E-state index >= 15 is 0 Å². The number of nitrogens with zero attached hydrogens (tertiary/aromatic N) is 2. The van der Waals surface area contributed by atoms with E-state index in [1.807, 2.05) is 31.2 Å². The third kappa shape index (κ3) is 1.45. The van der Waals surface area contributed by atoms with Crippen LogP contribution in [0.5, 0.6) is 0 Å². The van der Waals surface area contributed by atoms with Crippen molar-refractivity contribution in [3.8, 4) is 0 Å². The molecule has 2 aromatic rings. The van der Waals surface area contributed by atoms with Crippen LogP contribution in [0, 0.1) is 0 Å². The molecular weight excluding hydrogens is 228 g/mol. The van der Waals surface area contributed by atoms with Crippen LogP contribution in [0.3, 0.4) is 0 Å². The first-order valence-corrected chi connectivity index (χ1v) is 5.97. The van der Waals surface area contributed by atoms with Gasteiger partial charge in [-0.2, -0.15) is 0 Å². The predicted octanol–water partition coefficient (Wildman–Crippen LogP) is 2.39. The van der Waals surface area contributed by atoms with Crippen molar-refractivity contribution in [2.75, 3.05) is 7.11 Å². The maximum atomic E-state index is 11.7. The smallest absolute Gasteiger partial charge is 0.335 e. The molecule has 1 aromatic carbocycles. The van der Waals surface area contributed by atoms with Crippen LogP contribution in [0.25, 0.3) is 16.7 Å². The lowest BCUT2D eigenvalue weighted by atomic mass is 10.0. The van der Waals surface area contributed by atoms with Gasteiger partial charge in [0.2, 0.25) is 0 Å². The van der Waals surface area contributed by atoms with Crippen LogP contribution in [-0.4, -0.2) is 22.6 Å². The predicted molar refractivity (Wildman–Crippen MR) is 69.0 cm³/mol. The highest BCUT2D eigenvalue weighted by molar-refractivity contribution is 5.96. The fraction of sp³-hybridized carbons (Fsp3) is 0.286.